The maximum absolute atomic E-state index is 12.9. The fourth-order valence-electron chi connectivity index (χ4n) is 3.19. The number of likely N-dealkylation sites (tertiary alicyclic amines) is 1. The summed E-state index contributed by atoms with van der Waals surface area (Å²) in [5.74, 6) is 0.411. The van der Waals surface area contributed by atoms with Crippen molar-refractivity contribution in [1.82, 2.24) is 14.7 Å². The van der Waals surface area contributed by atoms with Crippen LogP contribution in [0.15, 0.2) is 35.1 Å². The predicted octanol–water partition coefficient (Wildman–Crippen LogP) is 2.32. The van der Waals surface area contributed by atoms with Gasteiger partial charge in [0.2, 0.25) is 5.91 Å². The quantitative estimate of drug-likeness (QED) is 0.807. The van der Waals surface area contributed by atoms with Crippen LogP contribution in [-0.4, -0.2) is 40.3 Å². The van der Waals surface area contributed by atoms with Crippen molar-refractivity contribution < 1.29 is 13.9 Å². The zero-order valence-corrected chi connectivity index (χ0v) is 15.7. The fraction of sp³-hybridized carbons (Fsp3) is 0.450. The van der Waals surface area contributed by atoms with Gasteiger partial charge in [0, 0.05) is 25.1 Å². The van der Waals surface area contributed by atoms with Crippen molar-refractivity contribution in [2.45, 2.75) is 33.2 Å². The Bertz CT molecular complexity index is 864. The lowest BCUT2D eigenvalue weighted by Gasteiger charge is -2.32. The van der Waals surface area contributed by atoms with Crippen molar-refractivity contribution in [3.63, 3.8) is 0 Å². The first-order valence-corrected chi connectivity index (χ1v) is 9.14. The molecular formula is C20H24FN3O3. The summed E-state index contributed by atoms with van der Waals surface area (Å²) in [6.45, 7) is 5.32. The van der Waals surface area contributed by atoms with E-state index in [0.29, 0.717) is 25.4 Å². The van der Waals surface area contributed by atoms with Crippen molar-refractivity contribution in [2.75, 3.05) is 19.7 Å². The van der Waals surface area contributed by atoms with Gasteiger partial charge >= 0.3 is 0 Å². The van der Waals surface area contributed by atoms with Gasteiger partial charge in [-0.05, 0) is 56.5 Å². The Hall–Kier alpha value is -2.70. The Morgan fingerprint density at radius 1 is 1.30 bits per heavy atom. The summed E-state index contributed by atoms with van der Waals surface area (Å²) in [4.78, 5) is 26.4. The molecular weight excluding hydrogens is 349 g/mol. The molecule has 2 heterocycles. The van der Waals surface area contributed by atoms with E-state index in [4.69, 9.17) is 4.74 Å². The monoisotopic (exact) mass is 373 g/mol. The number of amides is 1. The number of nitrogens with zero attached hydrogens (tertiary/aromatic N) is 3. The highest BCUT2D eigenvalue weighted by Gasteiger charge is 2.24. The number of aryl methyl sites for hydroxylation is 2. The molecule has 1 aliphatic heterocycles. The van der Waals surface area contributed by atoms with Gasteiger partial charge in [-0.3, -0.25) is 9.59 Å². The molecule has 1 saturated heterocycles. The molecule has 27 heavy (non-hydrogen) atoms. The van der Waals surface area contributed by atoms with E-state index in [9.17, 15) is 14.0 Å². The highest BCUT2D eigenvalue weighted by atomic mass is 19.1. The molecule has 0 unspecified atom stereocenters. The summed E-state index contributed by atoms with van der Waals surface area (Å²) in [6, 6.07) is 7.42. The molecule has 0 bridgehead atoms. The van der Waals surface area contributed by atoms with Crippen molar-refractivity contribution in [2.24, 2.45) is 5.92 Å². The average molecular weight is 373 g/mol. The number of halogens is 1. The minimum absolute atomic E-state index is 0.0501. The molecule has 1 atom stereocenters. The largest absolute Gasteiger partial charge is 0.493 e. The van der Waals surface area contributed by atoms with Gasteiger partial charge in [-0.2, -0.15) is 5.10 Å². The Kier molecular flexibility index (Phi) is 5.88. The van der Waals surface area contributed by atoms with Crippen LogP contribution in [0.2, 0.25) is 0 Å². The predicted molar refractivity (Wildman–Crippen MR) is 99.2 cm³/mol. The number of piperidine rings is 1. The van der Waals surface area contributed by atoms with Gasteiger partial charge in [-0.1, -0.05) is 0 Å². The molecule has 1 aromatic carbocycles. The van der Waals surface area contributed by atoms with Crippen molar-refractivity contribution >= 4 is 5.91 Å². The van der Waals surface area contributed by atoms with Gasteiger partial charge in [0.1, 0.15) is 18.1 Å². The molecule has 1 fully saturated rings. The van der Waals surface area contributed by atoms with Crippen LogP contribution in [0.3, 0.4) is 0 Å². The van der Waals surface area contributed by atoms with Crippen LogP contribution in [0.25, 0.3) is 0 Å². The molecule has 0 N–H and O–H groups in total. The number of carbonyl (C=O) groups excluding carboxylic acids is 1. The molecule has 6 nitrogen and oxygen atoms in total. The first kappa shape index (κ1) is 19.1. The molecule has 1 amide bonds. The number of rotatable bonds is 5. The number of aromatic nitrogens is 2. The zero-order valence-electron chi connectivity index (χ0n) is 15.7. The third-order valence-electron chi connectivity index (χ3n) is 4.89. The SMILES string of the molecule is Cc1cc(=O)n(CC(=O)N2CCC[C@@H](COc3ccc(F)cc3)C2)nc1C. The lowest BCUT2D eigenvalue weighted by atomic mass is 9.99. The highest BCUT2D eigenvalue weighted by molar-refractivity contribution is 5.76. The first-order valence-electron chi connectivity index (χ1n) is 9.14. The summed E-state index contributed by atoms with van der Waals surface area (Å²) < 4.78 is 19.9. The molecule has 0 aliphatic carbocycles. The van der Waals surface area contributed by atoms with E-state index in [0.717, 1.165) is 24.1 Å². The molecule has 2 aromatic rings. The van der Waals surface area contributed by atoms with Gasteiger partial charge in [0.05, 0.1) is 12.3 Å². The van der Waals surface area contributed by atoms with E-state index in [2.05, 4.69) is 5.10 Å². The minimum Gasteiger partial charge on any atom is -0.493 e. The summed E-state index contributed by atoms with van der Waals surface area (Å²) in [5.41, 5.74) is 1.30. The smallest absolute Gasteiger partial charge is 0.267 e. The molecule has 1 aromatic heterocycles. The van der Waals surface area contributed by atoms with Gasteiger partial charge < -0.3 is 9.64 Å². The first-order chi connectivity index (χ1) is 12.9. The van der Waals surface area contributed by atoms with Gasteiger partial charge in [-0.15, -0.1) is 0 Å². The molecule has 1 aliphatic rings. The second-order valence-corrected chi connectivity index (χ2v) is 7.02. The normalized spacial score (nSPS) is 17.0. The Morgan fingerprint density at radius 2 is 2.04 bits per heavy atom. The van der Waals surface area contributed by atoms with Gasteiger partial charge in [0.15, 0.2) is 0 Å². The van der Waals surface area contributed by atoms with Gasteiger partial charge in [0.25, 0.3) is 5.56 Å². The molecule has 144 valence electrons. The summed E-state index contributed by atoms with van der Waals surface area (Å²) in [7, 11) is 0. The number of carbonyl (C=O) groups is 1. The average Bonchev–Trinajstić information content (AvgIpc) is 2.66. The van der Waals surface area contributed by atoms with E-state index < -0.39 is 0 Å². The number of hydrogen-bond acceptors (Lipinski definition) is 4. The Balaban J connectivity index is 1.57. The van der Waals surface area contributed by atoms with Crippen molar-refractivity contribution in [3.8, 4) is 5.75 Å². The van der Waals surface area contributed by atoms with E-state index in [1.165, 1.54) is 22.9 Å². The maximum atomic E-state index is 12.9. The lowest BCUT2D eigenvalue weighted by molar-refractivity contribution is -0.134. The van der Waals surface area contributed by atoms with Gasteiger partial charge in [-0.25, -0.2) is 9.07 Å². The maximum Gasteiger partial charge on any atom is 0.267 e. The van der Waals surface area contributed by atoms with Crippen LogP contribution in [-0.2, 0) is 11.3 Å². The van der Waals surface area contributed by atoms with E-state index in [1.807, 2.05) is 13.8 Å². The number of ether oxygens (including phenoxy) is 1. The lowest BCUT2D eigenvalue weighted by Crippen LogP contribution is -2.44. The number of hydrogen-bond donors (Lipinski definition) is 0. The van der Waals surface area contributed by atoms with Crippen LogP contribution in [0.5, 0.6) is 5.75 Å². The third-order valence-corrected chi connectivity index (χ3v) is 4.89. The van der Waals surface area contributed by atoms with Crippen LogP contribution in [0.1, 0.15) is 24.1 Å². The molecule has 0 saturated carbocycles. The van der Waals surface area contributed by atoms with E-state index >= 15 is 0 Å². The Morgan fingerprint density at radius 3 is 2.78 bits per heavy atom. The van der Waals surface area contributed by atoms with Crippen LogP contribution in [0.4, 0.5) is 4.39 Å². The molecule has 7 heteroatoms. The second-order valence-electron chi connectivity index (χ2n) is 7.02. The standard InChI is InChI=1S/C20H24FN3O3/c1-14-10-19(25)24(22-15(14)2)12-20(26)23-9-3-4-16(11-23)13-27-18-7-5-17(21)6-8-18/h5-8,10,16H,3-4,9,11-13H2,1-2H3/t16-/m1/s1. The summed E-state index contributed by atoms with van der Waals surface area (Å²) in [5, 5.41) is 4.21. The fourth-order valence-corrected chi connectivity index (χ4v) is 3.19. The zero-order chi connectivity index (χ0) is 19.4. The number of benzene rings is 1. The molecule has 3 rings (SSSR count). The molecule has 0 spiro atoms. The summed E-state index contributed by atoms with van der Waals surface area (Å²) >= 11 is 0. The van der Waals surface area contributed by atoms with Crippen LogP contribution < -0.4 is 10.3 Å². The van der Waals surface area contributed by atoms with Crippen molar-refractivity contribution in [3.05, 3.63) is 57.8 Å². The topological polar surface area (TPSA) is 64.4 Å². The highest BCUT2D eigenvalue weighted by Crippen LogP contribution is 2.19. The second kappa shape index (κ2) is 8.33. The molecule has 0 radical (unpaired) electrons. The third kappa shape index (κ3) is 4.93. The van der Waals surface area contributed by atoms with E-state index in [1.54, 1.807) is 17.0 Å². The van der Waals surface area contributed by atoms with E-state index in [-0.39, 0.29) is 29.7 Å². The minimum atomic E-state index is -0.299. The summed E-state index contributed by atoms with van der Waals surface area (Å²) in [6.07, 6.45) is 1.85. The van der Waals surface area contributed by atoms with Crippen LogP contribution >= 0.6 is 0 Å². The Labute approximate surface area is 157 Å². The van der Waals surface area contributed by atoms with Crippen LogP contribution in [0, 0.1) is 25.6 Å². The van der Waals surface area contributed by atoms with Crippen molar-refractivity contribution in [1.29, 1.82) is 0 Å².